The van der Waals surface area contributed by atoms with Crippen molar-refractivity contribution in [2.45, 2.75) is 27.3 Å². The molecule has 1 aromatic carbocycles. The molecule has 0 aliphatic carbocycles. The fraction of sp³-hybridized carbons (Fsp3) is 0.533. The number of carboxylic acids is 1. The number of benzene rings is 1. The van der Waals surface area contributed by atoms with Gasteiger partial charge in [-0.25, -0.2) is 0 Å². The van der Waals surface area contributed by atoms with E-state index in [2.05, 4.69) is 0 Å². The maximum Gasteiger partial charge on any atom is 0.307 e. The molecule has 0 amide bonds. The van der Waals surface area contributed by atoms with Crippen LogP contribution >= 0.6 is 0 Å². The first-order chi connectivity index (χ1) is 9.49. The van der Waals surface area contributed by atoms with Gasteiger partial charge in [0.15, 0.2) is 11.5 Å². The molecule has 112 valence electrons. The zero-order valence-electron chi connectivity index (χ0n) is 12.3. The average molecular weight is 281 g/mol. The summed E-state index contributed by atoms with van der Waals surface area (Å²) in [6, 6.07) is 5.37. The number of phenols is 1. The number of aromatic hydroxyl groups is 1. The van der Waals surface area contributed by atoms with Crippen LogP contribution in [-0.4, -0.2) is 40.8 Å². The van der Waals surface area contributed by atoms with Crippen LogP contribution in [0.15, 0.2) is 18.2 Å². The Balaban J connectivity index is 2.79. The molecule has 0 aromatic heterocycles. The van der Waals surface area contributed by atoms with Crippen LogP contribution in [0.25, 0.3) is 0 Å². The van der Waals surface area contributed by atoms with Crippen LogP contribution in [-0.2, 0) is 11.3 Å². The lowest BCUT2D eigenvalue weighted by molar-refractivity contribution is -0.141. The Morgan fingerprint density at radius 2 is 2.10 bits per heavy atom. The van der Waals surface area contributed by atoms with Crippen LogP contribution in [0.1, 0.15) is 26.3 Å². The maximum atomic E-state index is 10.9. The number of phenolic OH excluding ortho intramolecular Hbond substituents is 1. The molecule has 1 rings (SSSR count). The molecule has 0 bridgehead atoms. The van der Waals surface area contributed by atoms with Crippen molar-refractivity contribution >= 4 is 5.97 Å². The van der Waals surface area contributed by atoms with E-state index in [1.165, 1.54) is 0 Å². The van der Waals surface area contributed by atoms with E-state index in [9.17, 15) is 9.90 Å². The number of carboxylic acid groups (broad SMARTS) is 1. The highest BCUT2D eigenvalue weighted by molar-refractivity contribution is 5.69. The zero-order valence-corrected chi connectivity index (χ0v) is 12.3. The van der Waals surface area contributed by atoms with Gasteiger partial charge in [-0.2, -0.15) is 0 Å². The second kappa shape index (κ2) is 7.75. The van der Waals surface area contributed by atoms with Gasteiger partial charge in [0.25, 0.3) is 0 Å². The average Bonchev–Trinajstić information content (AvgIpc) is 2.42. The summed E-state index contributed by atoms with van der Waals surface area (Å²) in [5, 5.41) is 19.1. The van der Waals surface area contributed by atoms with Crippen LogP contribution in [0, 0.1) is 5.92 Å². The molecule has 20 heavy (non-hydrogen) atoms. The van der Waals surface area contributed by atoms with Crippen LogP contribution < -0.4 is 4.74 Å². The number of para-hydroxylation sites is 1. The van der Waals surface area contributed by atoms with Gasteiger partial charge in [-0.1, -0.05) is 26.0 Å². The van der Waals surface area contributed by atoms with Gasteiger partial charge in [0.05, 0.1) is 12.5 Å². The summed E-state index contributed by atoms with van der Waals surface area (Å²) in [5.74, 6) is -0.647. The van der Waals surface area contributed by atoms with Gasteiger partial charge in [-0.3, -0.25) is 9.69 Å². The standard InChI is InChI=1S/C15H23NO4/c1-4-16(9-11(3)15(18)19)10-12-7-6-8-13(14(12)17)20-5-2/h6-8,11,17H,4-5,9-10H2,1-3H3,(H,18,19). The Morgan fingerprint density at radius 1 is 1.40 bits per heavy atom. The third-order valence-electron chi connectivity index (χ3n) is 3.18. The maximum absolute atomic E-state index is 10.9. The van der Waals surface area contributed by atoms with E-state index in [4.69, 9.17) is 9.84 Å². The van der Waals surface area contributed by atoms with Gasteiger partial charge in [0, 0.05) is 18.7 Å². The van der Waals surface area contributed by atoms with E-state index in [1.807, 2.05) is 30.9 Å². The number of rotatable bonds is 8. The second-order valence-corrected chi connectivity index (χ2v) is 4.76. The first-order valence-electron chi connectivity index (χ1n) is 6.88. The summed E-state index contributed by atoms with van der Waals surface area (Å²) in [6.07, 6.45) is 0. The fourth-order valence-corrected chi connectivity index (χ4v) is 1.98. The molecule has 0 radical (unpaired) electrons. The summed E-state index contributed by atoms with van der Waals surface area (Å²) < 4.78 is 5.35. The first kappa shape index (κ1) is 16.3. The lowest BCUT2D eigenvalue weighted by atomic mass is 10.1. The highest BCUT2D eigenvalue weighted by atomic mass is 16.5. The van der Waals surface area contributed by atoms with E-state index >= 15 is 0 Å². The molecule has 0 saturated heterocycles. The SMILES string of the molecule is CCOc1cccc(CN(CC)CC(C)C(=O)O)c1O. The Labute approximate surface area is 119 Å². The predicted octanol–water partition coefficient (Wildman–Crippen LogP) is 2.33. The Hall–Kier alpha value is -1.75. The summed E-state index contributed by atoms with van der Waals surface area (Å²) in [5.41, 5.74) is 0.746. The summed E-state index contributed by atoms with van der Waals surface area (Å²) in [6.45, 7) is 7.67. The fourth-order valence-electron chi connectivity index (χ4n) is 1.98. The zero-order chi connectivity index (χ0) is 15.1. The normalized spacial score (nSPS) is 12.4. The minimum atomic E-state index is -0.810. The van der Waals surface area contributed by atoms with E-state index < -0.39 is 11.9 Å². The van der Waals surface area contributed by atoms with Crippen molar-refractivity contribution in [2.24, 2.45) is 5.92 Å². The molecule has 5 nitrogen and oxygen atoms in total. The second-order valence-electron chi connectivity index (χ2n) is 4.76. The van der Waals surface area contributed by atoms with Crippen molar-refractivity contribution in [3.05, 3.63) is 23.8 Å². The molecular formula is C15H23NO4. The topological polar surface area (TPSA) is 70.0 Å². The van der Waals surface area contributed by atoms with Crippen molar-refractivity contribution in [2.75, 3.05) is 19.7 Å². The van der Waals surface area contributed by atoms with Gasteiger partial charge in [-0.05, 0) is 19.5 Å². The van der Waals surface area contributed by atoms with Crippen molar-refractivity contribution in [1.82, 2.24) is 4.90 Å². The van der Waals surface area contributed by atoms with E-state index in [1.54, 1.807) is 13.0 Å². The predicted molar refractivity (Wildman–Crippen MR) is 77.0 cm³/mol. The third-order valence-corrected chi connectivity index (χ3v) is 3.18. The minimum absolute atomic E-state index is 0.135. The molecule has 1 unspecified atom stereocenters. The Bertz CT molecular complexity index is 447. The van der Waals surface area contributed by atoms with Crippen LogP contribution in [0.2, 0.25) is 0 Å². The molecule has 0 aliphatic rings. The third kappa shape index (κ3) is 4.42. The van der Waals surface area contributed by atoms with Crippen LogP contribution in [0.4, 0.5) is 0 Å². The lowest BCUT2D eigenvalue weighted by Gasteiger charge is -2.23. The molecule has 0 fully saturated rings. The largest absolute Gasteiger partial charge is 0.504 e. The number of aliphatic carboxylic acids is 1. The van der Waals surface area contributed by atoms with E-state index in [-0.39, 0.29) is 5.75 Å². The smallest absolute Gasteiger partial charge is 0.307 e. The van der Waals surface area contributed by atoms with Gasteiger partial charge < -0.3 is 14.9 Å². The molecule has 0 saturated carbocycles. The van der Waals surface area contributed by atoms with Crippen LogP contribution in [0.5, 0.6) is 11.5 Å². The van der Waals surface area contributed by atoms with Crippen molar-refractivity contribution in [3.63, 3.8) is 0 Å². The van der Waals surface area contributed by atoms with Gasteiger partial charge in [0.1, 0.15) is 0 Å². The molecule has 0 aliphatic heterocycles. The lowest BCUT2D eigenvalue weighted by Crippen LogP contribution is -2.31. The highest BCUT2D eigenvalue weighted by Crippen LogP contribution is 2.30. The van der Waals surface area contributed by atoms with Gasteiger partial charge >= 0.3 is 5.97 Å². The van der Waals surface area contributed by atoms with Gasteiger partial charge in [0.2, 0.25) is 0 Å². The number of hydrogen-bond donors (Lipinski definition) is 2. The highest BCUT2D eigenvalue weighted by Gasteiger charge is 2.17. The monoisotopic (exact) mass is 281 g/mol. The first-order valence-corrected chi connectivity index (χ1v) is 6.88. The molecule has 5 heteroatoms. The number of carbonyl (C=O) groups is 1. The van der Waals surface area contributed by atoms with Crippen molar-refractivity contribution in [1.29, 1.82) is 0 Å². The van der Waals surface area contributed by atoms with Gasteiger partial charge in [-0.15, -0.1) is 0 Å². The number of ether oxygens (including phenoxy) is 1. The summed E-state index contributed by atoms with van der Waals surface area (Å²) in [4.78, 5) is 12.9. The number of hydrogen-bond acceptors (Lipinski definition) is 4. The van der Waals surface area contributed by atoms with E-state index in [0.717, 1.165) is 12.1 Å². The number of nitrogens with zero attached hydrogens (tertiary/aromatic N) is 1. The van der Waals surface area contributed by atoms with Crippen LogP contribution in [0.3, 0.4) is 0 Å². The Kier molecular flexibility index (Phi) is 6.31. The van der Waals surface area contributed by atoms with Crippen molar-refractivity contribution in [3.8, 4) is 11.5 Å². The molecule has 0 spiro atoms. The quantitative estimate of drug-likeness (QED) is 0.765. The summed E-state index contributed by atoms with van der Waals surface area (Å²) in [7, 11) is 0. The minimum Gasteiger partial charge on any atom is -0.504 e. The molecule has 1 aromatic rings. The Morgan fingerprint density at radius 3 is 2.65 bits per heavy atom. The molecule has 1 atom stereocenters. The van der Waals surface area contributed by atoms with E-state index in [0.29, 0.717) is 25.4 Å². The molecule has 0 heterocycles. The molecular weight excluding hydrogens is 258 g/mol. The molecule has 2 N–H and O–H groups in total. The summed E-state index contributed by atoms with van der Waals surface area (Å²) >= 11 is 0. The van der Waals surface area contributed by atoms with Crippen molar-refractivity contribution < 1.29 is 19.7 Å².